The van der Waals surface area contributed by atoms with E-state index in [1.54, 1.807) is 12.3 Å². The van der Waals surface area contributed by atoms with Crippen molar-refractivity contribution < 1.29 is 0 Å². The van der Waals surface area contributed by atoms with Crippen molar-refractivity contribution in [2.45, 2.75) is 6.42 Å². The number of nitriles is 1. The maximum Gasteiger partial charge on any atom is 0.133 e. The number of hydrogen-bond donors (Lipinski definition) is 1. The summed E-state index contributed by atoms with van der Waals surface area (Å²) >= 11 is 3.46. The predicted octanol–water partition coefficient (Wildman–Crippen LogP) is 3.54. The molecule has 0 bridgehead atoms. The molecule has 3 aromatic rings. The Bertz CT molecular complexity index is 938. The van der Waals surface area contributed by atoms with E-state index in [2.05, 4.69) is 32.3 Å². The molecule has 23 heavy (non-hydrogen) atoms. The maximum atomic E-state index is 9.36. The number of hydrogen-bond acceptors (Lipinski definition) is 4. The fourth-order valence-corrected chi connectivity index (χ4v) is 3.24. The Labute approximate surface area is 141 Å². The van der Waals surface area contributed by atoms with Crippen molar-refractivity contribution in [3.63, 3.8) is 0 Å². The Hall–Kier alpha value is -2.65. The zero-order valence-electron chi connectivity index (χ0n) is 12.1. The van der Waals surface area contributed by atoms with E-state index in [0.717, 1.165) is 45.8 Å². The molecule has 0 amide bonds. The van der Waals surface area contributed by atoms with Gasteiger partial charge in [0.25, 0.3) is 0 Å². The van der Waals surface area contributed by atoms with Crippen LogP contribution in [0.4, 0.5) is 5.82 Å². The lowest BCUT2D eigenvalue weighted by atomic mass is 10.1. The standard InChI is InChI=1S/C17H12BrN5/c18-13-7-12(9-20-10-13)16-14-5-6-21-17(14)23(22-16)15-4-2-1-3-11(15)8-19/h1-4,7,9-10,21H,5-6H2. The van der Waals surface area contributed by atoms with Crippen LogP contribution in [0.3, 0.4) is 0 Å². The quantitative estimate of drug-likeness (QED) is 0.754. The fraction of sp³-hybridized carbons (Fsp3) is 0.118. The number of nitrogens with zero attached hydrogens (tertiary/aromatic N) is 4. The third kappa shape index (κ3) is 2.30. The molecule has 5 nitrogen and oxygen atoms in total. The van der Waals surface area contributed by atoms with Gasteiger partial charge in [-0.05, 0) is 40.5 Å². The van der Waals surface area contributed by atoms with Gasteiger partial charge >= 0.3 is 0 Å². The van der Waals surface area contributed by atoms with Crippen LogP contribution in [0.2, 0.25) is 0 Å². The monoisotopic (exact) mass is 365 g/mol. The molecule has 0 atom stereocenters. The van der Waals surface area contributed by atoms with Gasteiger partial charge in [-0.15, -0.1) is 0 Å². The minimum Gasteiger partial charge on any atom is -0.369 e. The molecule has 1 aliphatic heterocycles. The molecule has 0 unspecified atom stereocenters. The Kier molecular flexibility index (Phi) is 3.36. The Morgan fingerprint density at radius 1 is 1.26 bits per heavy atom. The Morgan fingerprint density at radius 3 is 2.96 bits per heavy atom. The smallest absolute Gasteiger partial charge is 0.133 e. The zero-order chi connectivity index (χ0) is 15.8. The van der Waals surface area contributed by atoms with Crippen LogP contribution in [0.25, 0.3) is 16.9 Å². The van der Waals surface area contributed by atoms with Crippen LogP contribution in [0.5, 0.6) is 0 Å². The van der Waals surface area contributed by atoms with Crippen molar-refractivity contribution in [3.05, 3.63) is 58.3 Å². The summed E-state index contributed by atoms with van der Waals surface area (Å²) in [4.78, 5) is 4.23. The summed E-state index contributed by atoms with van der Waals surface area (Å²) < 4.78 is 2.75. The summed E-state index contributed by atoms with van der Waals surface area (Å²) in [5.41, 5.74) is 4.43. The summed E-state index contributed by atoms with van der Waals surface area (Å²) in [6, 6.07) is 11.7. The second-order valence-corrected chi connectivity index (χ2v) is 6.20. The first-order chi connectivity index (χ1) is 11.3. The van der Waals surface area contributed by atoms with E-state index in [1.165, 1.54) is 0 Å². The largest absolute Gasteiger partial charge is 0.369 e. The number of halogens is 1. The molecular formula is C17H12BrN5. The minimum absolute atomic E-state index is 0.602. The van der Waals surface area contributed by atoms with Crippen molar-refractivity contribution in [1.82, 2.24) is 14.8 Å². The van der Waals surface area contributed by atoms with Gasteiger partial charge in [0, 0.05) is 34.5 Å². The van der Waals surface area contributed by atoms with Gasteiger partial charge in [0.15, 0.2) is 0 Å². The van der Waals surface area contributed by atoms with Crippen LogP contribution in [-0.4, -0.2) is 21.3 Å². The van der Waals surface area contributed by atoms with E-state index in [0.29, 0.717) is 5.56 Å². The number of pyridine rings is 1. The number of anilines is 1. The van der Waals surface area contributed by atoms with Crippen LogP contribution in [0, 0.1) is 11.3 Å². The van der Waals surface area contributed by atoms with Gasteiger partial charge in [-0.1, -0.05) is 12.1 Å². The first-order valence-corrected chi connectivity index (χ1v) is 8.03. The number of fused-ring (bicyclic) bond motifs is 1. The second kappa shape index (κ2) is 5.52. The molecular weight excluding hydrogens is 354 g/mol. The molecule has 3 heterocycles. The van der Waals surface area contributed by atoms with Crippen molar-refractivity contribution in [3.8, 4) is 23.0 Å². The second-order valence-electron chi connectivity index (χ2n) is 5.29. The topological polar surface area (TPSA) is 66.5 Å². The molecule has 0 saturated carbocycles. The van der Waals surface area contributed by atoms with Gasteiger partial charge in [-0.2, -0.15) is 10.4 Å². The van der Waals surface area contributed by atoms with E-state index in [4.69, 9.17) is 5.10 Å². The molecule has 2 aromatic heterocycles. The highest BCUT2D eigenvalue weighted by Crippen LogP contribution is 2.35. The van der Waals surface area contributed by atoms with Crippen molar-refractivity contribution in [1.29, 1.82) is 5.26 Å². The molecule has 0 spiro atoms. The highest BCUT2D eigenvalue weighted by molar-refractivity contribution is 9.10. The molecule has 1 N–H and O–H groups in total. The summed E-state index contributed by atoms with van der Waals surface area (Å²) in [5.74, 6) is 0.961. The van der Waals surface area contributed by atoms with Gasteiger partial charge in [0.05, 0.1) is 16.9 Å². The summed E-state index contributed by atoms with van der Waals surface area (Å²) in [6.07, 6.45) is 4.47. The third-order valence-electron chi connectivity index (χ3n) is 3.88. The first kappa shape index (κ1) is 14.0. The SMILES string of the molecule is N#Cc1ccccc1-n1nc(-c2cncc(Br)c2)c2c1NCC2. The number of aromatic nitrogens is 3. The lowest BCUT2D eigenvalue weighted by Gasteiger charge is -2.07. The average molecular weight is 366 g/mol. The number of rotatable bonds is 2. The molecule has 4 rings (SSSR count). The van der Waals surface area contributed by atoms with Crippen molar-refractivity contribution in [2.24, 2.45) is 0 Å². The first-order valence-electron chi connectivity index (χ1n) is 7.24. The van der Waals surface area contributed by atoms with Gasteiger partial charge in [-0.3, -0.25) is 4.98 Å². The van der Waals surface area contributed by atoms with E-state index < -0.39 is 0 Å². The van der Waals surface area contributed by atoms with E-state index in [9.17, 15) is 5.26 Å². The van der Waals surface area contributed by atoms with Crippen molar-refractivity contribution in [2.75, 3.05) is 11.9 Å². The fourth-order valence-electron chi connectivity index (χ4n) is 2.88. The number of nitrogens with one attached hydrogen (secondary N) is 1. The highest BCUT2D eigenvalue weighted by Gasteiger charge is 2.25. The lowest BCUT2D eigenvalue weighted by molar-refractivity contribution is 0.879. The Balaban J connectivity index is 1.94. The minimum atomic E-state index is 0.602. The zero-order valence-corrected chi connectivity index (χ0v) is 13.7. The molecule has 0 radical (unpaired) electrons. The summed E-state index contributed by atoms with van der Waals surface area (Å²) in [7, 11) is 0. The molecule has 0 saturated heterocycles. The number of para-hydroxylation sites is 1. The van der Waals surface area contributed by atoms with Crippen molar-refractivity contribution >= 4 is 21.7 Å². The molecule has 6 heteroatoms. The van der Waals surface area contributed by atoms with Gasteiger partial charge in [-0.25, -0.2) is 4.68 Å². The predicted molar refractivity (Wildman–Crippen MR) is 91.4 cm³/mol. The summed E-state index contributed by atoms with van der Waals surface area (Å²) in [6.45, 7) is 0.871. The van der Waals surface area contributed by atoms with Crippen LogP contribution >= 0.6 is 15.9 Å². The molecule has 0 aliphatic carbocycles. The molecule has 1 aromatic carbocycles. The Morgan fingerprint density at radius 2 is 2.13 bits per heavy atom. The van der Waals surface area contributed by atoms with E-state index in [-0.39, 0.29) is 0 Å². The molecule has 1 aliphatic rings. The molecule has 0 fully saturated rings. The third-order valence-corrected chi connectivity index (χ3v) is 4.32. The summed E-state index contributed by atoms with van der Waals surface area (Å²) in [5, 5.41) is 17.5. The van der Waals surface area contributed by atoms with Crippen LogP contribution in [-0.2, 0) is 6.42 Å². The highest BCUT2D eigenvalue weighted by atomic mass is 79.9. The van der Waals surface area contributed by atoms with Gasteiger partial charge in [0.1, 0.15) is 11.9 Å². The van der Waals surface area contributed by atoms with Crippen LogP contribution < -0.4 is 5.32 Å². The molecule has 112 valence electrons. The van der Waals surface area contributed by atoms with Gasteiger partial charge in [0.2, 0.25) is 0 Å². The average Bonchev–Trinajstić information content (AvgIpc) is 3.17. The van der Waals surface area contributed by atoms with Crippen LogP contribution in [0.1, 0.15) is 11.1 Å². The number of benzene rings is 1. The van der Waals surface area contributed by atoms with E-state index >= 15 is 0 Å². The van der Waals surface area contributed by atoms with Crippen LogP contribution in [0.15, 0.2) is 47.2 Å². The normalized spacial score (nSPS) is 12.5. The van der Waals surface area contributed by atoms with E-state index in [1.807, 2.05) is 35.1 Å². The van der Waals surface area contributed by atoms with Gasteiger partial charge < -0.3 is 5.32 Å². The maximum absolute atomic E-state index is 9.36. The lowest BCUT2D eigenvalue weighted by Crippen LogP contribution is -2.05.